The van der Waals surface area contributed by atoms with Crippen molar-refractivity contribution in [2.75, 3.05) is 34.4 Å². The largest absolute Gasteiger partial charge is 0.493 e. The summed E-state index contributed by atoms with van der Waals surface area (Å²) in [5, 5.41) is 10.6. The molecule has 2 N–H and O–H groups in total. The lowest BCUT2D eigenvalue weighted by molar-refractivity contribution is 0.354. The van der Waals surface area contributed by atoms with Crippen molar-refractivity contribution in [3.05, 3.63) is 40.8 Å². The summed E-state index contributed by atoms with van der Waals surface area (Å²) < 4.78 is 15.8. The van der Waals surface area contributed by atoms with Crippen molar-refractivity contribution in [2.24, 2.45) is 4.99 Å². The number of hydrogen-bond donors (Lipinski definition) is 2. The van der Waals surface area contributed by atoms with Crippen molar-refractivity contribution in [1.82, 2.24) is 15.8 Å². The highest BCUT2D eigenvalue weighted by Gasteiger charge is 2.09. The fourth-order valence-corrected chi connectivity index (χ4v) is 2.75. The van der Waals surface area contributed by atoms with Gasteiger partial charge >= 0.3 is 0 Å². The van der Waals surface area contributed by atoms with Crippen molar-refractivity contribution in [1.29, 1.82) is 0 Å². The van der Waals surface area contributed by atoms with E-state index >= 15 is 0 Å². The van der Waals surface area contributed by atoms with E-state index in [0.29, 0.717) is 0 Å². The van der Waals surface area contributed by atoms with Crippen molar-refractivity contribution in [3.63, 3.8) is 0 Å². The quantitative estimate of drug-likeness (QED) is 0.338. The summed E-state index contributed by atoms with van der Waals surface area (Å²) in [7, 11) is 5.05. The van der Waals surface area contributed by atoms with Gasteiger partial charge in [-0.15, -0.1) is 24.0 Å². The molecular formula is C19H29IN4O3. The smallest absolute Gasteiger partial charge is 0.190 e. The van der Waals surface area contributed by atoms with E-state index in [-0.39, 0.29) is 24.0 Å². The minimum absolute atomic E-state index is 0. The average Bonchev–Trinajstić information content (AvgIpc) is 2.98. The summed E-state index contributed by atoms with van der Waals surface area (Å²) in [5.41, 5.74) is 3.26. The number of ether oxygens (including phenoxy) is 2. The Morgan fingerprint density at radius 1 is 1.07 bits per heavy atom. The average molecular weight is 488 g/mol. The minimum atomic E-state index is 0. The van der Waals surface area contributed by atoms with Crippen LogP contribution in [0.5, 0.6) is 11.5 Å². The number of aliphatic imine (C=N–C) groups is 1. The summed E-state index contributed by atoms with van der Waals surface area (Å²) in [5.74, 6) is 3.13. The first kappa shape index (κ1) is 23.1. The van der Waals surface area contributed by atoms with Crippen LogP contribution in [0, 0.1) is 13.8 Å². The predicted octanol–water partition coefficient (Wildman–Crippen LogP) is 2.88. The van der Waals surface area contributed by atoms with Crippen LogP contribution in [0.25, 0.3) is 0 Å². The predicted molar refractivity (Wildman–Crippen MR) is 118 cm³/mol. The number of nitrogens with zero attached hydrogens (tertiary/aromatic N) is 2. The van der Waals surface area contributed by atoms with Gasteiger partial charge in [-0.05, 0) is 44.4 Å². The third-order valence-corrected chi connectivity index (χ3v) is 4.23. The normalized spacial score (nSPS) is 10.9. The number of aromatic nitrogens is 1. The number of benzene rings is 1. The maximum atomic E-state index is 5.34. The molecule has 0 spiro atoms. The highest BCUT2D eigenvalue weighted by atomic mass is 127. The Labute approximate surface area is 177 Å². The van der Waals surface area contributed by atoms with Gasteiger partial charge < -0.3 is 24.6 Å². The highest BCUT2D eigenvalue weighted by Crippen LogP contribution is 2.27. The maximum Gasteiger partial charge on any atom is 0.190 e. The molecular weight excluding hydrogens is 459 g/mol. The Bertz CT molecular complexity index is 727. The first-order valence-electron chi connectivity index (χ1n) is 8.66. The van der Waals surface area contributed by atoms with Gasteiger partial charge in [0.1, 0.15) is 5.76 Å². The Kier molecular flexibility index (Phi) is 9.98. The molecule has 0 unspecified atom stereocenters. The maximum absolute atomic E-state index is 5.34. The van der Waals surface area contributed by atoms with E-state index in [1.165, 1.54) is 5.56 Å². The van der Waals surface area contributed by atoms with Crippen LogP contribution in [0.1, 0.15) is 22.6 Å². The van der Waals surface area contributed by atoms with Gasteiger partial charge in [-0.2, -0.15) is 0 Å². The van der Waals surface area contributed by atoms with E-state index in [0.717, 1.165) is 60.4 Å². The Balaban J connectivity index is 0.00000364. The van der Waals surface area contributed by atoms with E-state index in [1.54, 1.807) is 21.3 Å². The van der Waals surface area contributed by atoms with Gasteiger partial charge in [-0.3, -0.25) is 4.99 Å². The van der Waals surface area contributed by atoms with Crippen LogP contribution in [0.3, 0.4) is 0 Å². The van der Waals surface area contributed by atoms with Crippen LogP contribution in [0.15, 0.2) is 27.7 Å². The molecule has 2 aromatic rings. The molecule has 1 aromatic carbocycles. The minimum Gasteiger partial charge on any atom is -0.493 e. The molecule has 0 atom stereocenters. The van der Waals surface area contributed by atoms with Crippen LogP contribution in [0.2, 0.25) is 0 Å². The molecule has 0 aliphatic rings. The number of methoxy groups -OCH3 is 2. The first-order valence-corrected chi connectivity index (χ1v) is 8.66. The van der Waals surface area contributed by atoms with E-state index in [2.05, 4.69) is 20.8 Å². The van der Waals surface area contributed by atoms with E-state index in [9.17, 15) is 0 Å². The van der Waals surface area contributed by atoms with Gasteiger partial charge in [0, 0.05) is 25.7 Å². The number of halogens is 1. The van der Waals surface area contributed by atoms with E-state index in [4.69, 9.17) is 14.0 Å². The summed E-state index contributed by atoms with van der Waals surface area (Å²) >= 11 is 0. The van der Waals surface area contributed by atoms with Crippen molar-refractivity contribution in [2.45, 2.75) is 26.7 Å². The molecule has 0 aliphatic carbocycles. The molecule has 0 amide bonds. The molecule has 1 aromatic heterocycles. The van der Waals surface area contributed by atoms with Gasteiger partial charge in [-0.25, -0.2) is 0 Å². The van der Waals surface area contributed by atoms with E-state index in [1.807, 2.05) is 32.0 Å². The van der Waals surface area contributed by atoms with Gasteiger partial charge in [0.25, 0.3) is 0 Å². The summed E-state index contributed by atoms with van der Waals surface area (Å²) in [6.07, 6.45) is 1.70. The molecule has 7 nitrogen and oxygen atoms in total. The van der Waals surface area contributed by atoms with Crippen molar-refractivity contribution in [3.8, 4) is 11.5 Å². The zero-order valence-corrected chi connectivity index (χ0v) is 18.9. The fraction of sp³-hybridized carbons (Fsp3) is 0.474. The first-order chi connectivity index (χ1) is 12.6. The zero-order valence-electron chi connectivity index (χ0n) is 16.6. The standard InChI is InChI=1S/C19H28N4O3.HI/c1-13-16(14(2)26-23-13)9-11-22-19(20-3)21-10-8-15-6-7-17(24-4)18(12-15)25-5;/h6-7,12H,8-11H2,1-5H3,(H2,20,21,22);1H. The fourth-order valence-electron chi connectivity index (χ4n) is 2.75. The topological polar surface area (TPSA) is 80.9 Å². The molecule has 0 saturated heterocycles. The zero-order chi connectivity index (χ0) is 18.9. The second-order valence-corrected chi connectivity index (χ2v) is 5.92. The molecule has 2 rings (SSSR count). The molecule has 0 aliphatic heterocycles. The molecule has 0 bridgehead atoms. The van der Waals surface area contributed by atoms with Crippen LogP contribution in [-0.2, 0) is 12.8 Å². The third kappa shape index (κ3) is 6.60. The van der Waals surface area contributed by atoms with E-state index < -0.39 is 0 Å². The number of aryl methyl sites for hydroxylation is 2. The van der Waals surface area contributed by atoms with Gasteiger partial charge in [-0.1, -0.05) is 11.2 Å². The molecule has 150 valence electrons. The lowest BCUT2D eigenvalue weighted by Crippen LogP contribution is -2.39. The van der Waals surface area contributed by atoms with Crippen molar-refractivity contribution < 1.29 is 14.0 Å². The van der Waals surface area contributed by atoms with Gasteiger partial charge in [0.15, 0.2) is 17.5 Å². The number of rotatable bonds is 8. The Hall–Kier alpha value is -1.97. The SMILES string of the molecule is CN=C(NCCc1ccc(OC)c(OC)c1)NCCc1c(C)noc1C.I. The van der Waals surface area contributed by atoms with Crippen LogP contribution in [-0.4, -0.2) is 45.5 Å². The molecule has 0 radical (unpaired) electrons. The Morgan fingerprint density at radius 2 is 1.74 bits per heavy atom. The van der Waals surface area contributed by atoms with Crippen LogP contribution < -0.4 is 20.1 Å². The summed E-state index contributed by atoms with van der Waals surface area (Å²) in [6.45, 7) is 5.42. The Morgan fingerprint density at radius 3 is 2.30 bits per heavy atom. The molecule has 1 heterocycles. The highest BCUT2D eigenvalue weighted by molar-refractivity contribution is 14.0. The molecule has 0 fully saturated rings. The number of nitrogens with one attached hydrogen (secondary N) is 2. The van der Waals surface area contributed by atoms with Crippen LogP contribution in [0.4, 0.5) is 0 Å². The molecule has 27 heavy (non-hydrogen) atoms. The monoisotopic (exact) mass is 488 g/mol. The van der Waals surface area contributed by atoms with Crippen molar-refractivity contribution >= 4 is 29.9 Å². The lowest BCUT2D eigenvalue weighted by atomic mass is 10.1. The lowest BCUT2D eigenvalue weighted by Gasteiger charge is -2.13. The number of guanidine groups is 1. The number of hydrogen-bond acceptors (Lipinski definition) is 5. The summed E-state index contributed by atoms with van der Waals surface area (Å²) in [4.78, 5) is 4.25. The summed E-state index contributed by atoms with van der Waals surface area (Å²) in [6, 6.07) is 5.95. The van der Waals surface area contributed by atoms with Gasteiger partial charge in [0.05, 0.1) is 19.9 Å². The molecule has 8 heteroatoms. The van der Waals surface area contributed by atoms with Crippen LogP contribution >= 0.6 is 24.0 Å². The van der Waals surface area contributed by atoms with Gasteiger partial charge in [0.2, 0.25) is 0 Å². The second-order valence-electron chi connectivity index (χ2n) is 5.92. The second kappa shape index (κ2) is 11.7. The molecule has 0 saturated carbocycles. The third-order valence-electron chi connectivity index (χ3n) is 4.23.